The summed E-state index contributed by atoms with van der Waals surface area (Å²) in [5.74, 6) is -0.0136. The lowest BCUT2D eigenvalue weighted by Gasteiger charge is -2.01. The molecule has 0 N–H and O–H groups in total. The second-order valence-electron chi connectivity index (χ2n) is 5.02. The van der Waals surface area contributed by atoms with E-state index in [1.54, 1.807) is 38.7 Å². The van der Waals surface area contributed by atoms with Gasteiger partial charge in [-0.1, -0.05) is 11.8 Å². The van der Waals surface area contributed by atoms with Gasteiger partial charge in [-0.3, -0.25) is 9.36 Å². The zero-order chi connectivity index (χ0) is 17.8. The first kappa shape index (κ1) is 16.9. The molecule has 11 heteroatoms. The number of rotatable bonds is 6. The number of hydrogen-bond acceptors (Lipinski definition) is 8. The van der Waals surface area contributed by atoms with Crippen LogP contribution in [-0.2, 0) is 17.7 Å². The van der Waals surface area contributed by atoms with Crippen LogP contribution in [0.2, 0.25) is 0 Å². The molecule has 0 spiro atoms. The fourth-order valence-corrected chi connectivity index (χ4v) is 2.65. The van der Waals surface area contributed by atoms with Crippen LogP contribution in [0.5, 0.6) is 0 Å². The molecule has 0 saturated carbocycles. The van der Waals surface area contributed by atoms with Gasteiger partial charge in [-0.05, 0) is 13.0 Å². The summed E-state index contributed by atoms with van der Waals surface area (Å²) < 4.78 is 9.60. The number of hydrogen-bond donors (Lipinski definition) is 0. The minimum atomic E-state index is -0.469. The van der Waals surface area contributed by atoms with Gasteiger partial charge in [0.25, 0.3) is 0 Å². The van der Waals surface area contributed by atoms with Crippen LogP contribution in [0, 0.1) is 6.92 Å². The van der Waals surface area contributed by atoms with E-state index in [0.717, 1.165) is 11.3 Å². The number of ether oxygens (including phenoxy) is 1. The zero-order valence-electron chi connectivity index (χ0n) is 13.9. The van der Waals surface area contributed by atoms with Gasteiger partial charge < -0.3 is 4.74 Å². The maximum Gasteiger partial charge on any atom is 0.358 e. The summed E-state index contributed by atoms with van der Waals surface area (Å²) in [7, 11) is 3.19. The quantitative estimate of drug-likeness (QED) is 0.366. The van der Waals surface area contributed by atoms with E-state index in [2.05, 4.69) is 30.2 Å². The average Bonchev–Trinajstić information content (AvgIpc) is 3.33. The third-order valence-electron chi connectivity index (χ3n) is 3.46. The predicted molar refractivity (Wildman–Crippen MR) is 90.4 cm³/mol. The second-order valence-corrected chi connectivity index (χ2v) is 5.93. The van der Waals surface area contributed by atoms with Crippen LogP contribution in [0.15, 0.2) is 35.0 Å². The van der Waals surface area contributed by atoms with E-state index in [1.165, 1.54) is 25.2 Å². The van der Waals surface area contributed by atoms with E-state index >= 15 is 0 Å². The normalized spacial score (nSPS) is 11.3. The van der Waals surface area contributed by atoms with Crippen LogP contribution in [0.3, 0.4) is 0 Å². The van der Waals surface area contributed by atoms with Crippen molar-refractivity contribution in [1.29, 1.82) is 0 Å². The Morgan fingerprint density at radius 2 is 2.32 bits per heavy atom. The van der Waals surface area contributed by atoms with Crippen molar-refractivity contribution in [2.75, 3.05) is 7.11 Å². The van der Waals surface area contributed by atoms with Crippen LogP contribution < -0.4 is 0 Å². The van der Waals surface area contributed by atoms with Crippen molar-refractivity contribution in [2.24, 2.45) is 12.1 Å². The number of nitrogens with zero attached hydrogens (tertiary/aromatic N) is 8. The van der Waals surface area contributed by atoms with Crippen molar-refractivity contribution in [2.45, 2.75) is 18.0 Å². The first-order valence-corrected chi connectivity index (χ1v) is 8.24. The summed E-state index contributed by atoms with van der Waals surface area (Å²) in [6.45, 7) is 1.97. The van der Waals surface area contributed by atoms with Gasteiger partial charge in [0.1, 0.15) is 6.33 Å². The Morgan fingerprint density at radius 1 is 1.48 bits per heavy atom. The van der Waals surface area contributed by atoms with Crippen LogP contribution in [-0.4, -0.2) is 53.7 Å². The monoisotopic (exact) mass is 360 g/mol. The molecule has 0 aliphatic rings. The second kappa shape index (κ2) is 7.30. The Kier molecular flexibility index (Phi) is 4.93. The molecule has 3 rings (SSSR count). The highest BCUT2D eigenvalue weighted by atomic mass is 32.2. The largest absolute Gasteiger partial charge is 0.464 e. The molecule has 0 atom stereocenters. The summed E-state index contributed by atoms with van der Waals surface area (Å²) in [4.78, 5) is 11.4. The van der Waals surface area contributed by atoms with E-state index < -0.39 is 5.97 Å². The maximum absolute atomic E-state index is 11.4. The highest BCUT2D eigenvalue weighted by Crippen LogP contribution is 2.17. The molecule has 10 nitrogen and oxygen atoms in total. The average molecular weight is 360 g/mol. The van der Waals surface area contributed by atoms with Crippen LogP contribution in [0.25, 0.3) is 0 Å². The number of methoxy groups -OCH3 is 1. The Morgan fingerprint density at radius 3 is 3.04 bits per heavy atom. The van der Waals surface area contributed by atoms with Crippen molar-refractivity contribution in [3.05, 3.63) is 41.7 Å². The smallest absolute Gasteiger partial charge is 0.358 e. The molecule has 0 aliphatic carbocycles. The molecule has 0 bridgehead atoms. The van der Waals surface area contributed by atoms with Gasteiger partial charge in [0.15, 0.2) is 5.69 Å². The molecule has 3 aromatic rings. The molecule has 0 aromatic carbocycles. The fraction of sp³-hybridized carbons (Fsp3) is 0.286. The van der Waals surface area contributed by atoms with Crippen molar-refractivity contribution in [1.82, 2.24) is 34.4 Å². The molecule has 0 radical (unpaired) electrons. The van der Waals surface area contributed by atoms with Gasteiger partial charge in [0.2, 0.25) is 5.16 Å². The number of carbonyl (C=O) groups is 1. The fourth-order valence-electron chi connectivity index (χ4n) is 1.93. The minimum Gasteiger partial charge on any atom is -0.464 e. The molecule has 3 heterocycles. The first-order valence-electron chi connectivity index (χ1n) is 7.26. The van der Waals surface area contributed by atoms with E-state index in [9.17, 15) is 4.79 Å². The van der Waals surface area contributed by atoms with E-state index in [0.29, 0.717) is 11.0 Å². The molecule has 130 valence electrons. The van der Waals surface area contributed by atoms with Gasteiger partial charge in [0, 0.05) is 24.5 Å². The Labute approximate surface area is 147 Å². The number of carbonyl (C=O) groups excluding carboxylic acids is 1. The number of aryl methyl sites for hydroxylation is 1. The highest BCUT2D eigenvalue weighted by Gasteiger charge is 2.10. The summed E-state index contributed by atoms with van der Waals surface area (Å²) in [6.07, 6.45) is 6.67. The summed E-state index contributed by atoms with van der Waals surface area (Å²) >= 11 is 1.39. The van der Waals surface area contributed by atoms with Crippen molar-refractivity contribution in [3.8, 4) is 0 Å². The molecule has 0 aliphatic heterocycles. The first-order chi connectivity index (χ1) is 12.1. The van der Waals surface area contributed by atoms with Crippen molar-refractivity contribution in [3.63, 3.8) is 0 Å². The highest BCUT2D eigenvalue weighted by molar-refractivity contribution is 7.98. The SMILES string of the molecule is COC(=O)c1ccn(CSc2nncn2/N=C\c2cnn(C)c2C)n1. The van der Waals surface area contributed by atoms with Gasteiger partial charge in [-0.15, -0.1) is 10.2 Å². The third kappa shape index (κ3) is 3.76. The third-order valence-corrected chi connectivity index (χ3v) is 4.38. The summed E-state index contributed by atoms with van der Waals surface area (Å²) in [5, 5.41) is 21.2. The maximum atomic E-state index is 11.4. The van der Waals surface area contributed by atoms with E-state index in [1.807, 2.05) is 14.0 Å². The lowest BCUT2D eigenvalue weighted by atomic mass is 10.3. The minimum absolute atomic E-state index is 0.259. The Hall–Kier alpha value is -2.95. The van der Waals surface area contributed by atoms with Gasteiger partial charge in [-0.2, -0.15) is 20.0 Å². The van der Waals surface area contributed by atoms with Crippen LogP contribution >= 0.6 is 11.8 Å². The standard InChI is InChI=1S/C14H16N8O2S/c1-10-11(6-16-20(10)2)7-17-22-8-15-18-14(22)25-9-21-5-4-12(19-21)13(23)24-3/h4-8H,9H2,1-3H3/b17-7-. The van der Waals surface area contributed by atoms with Crippen molar-refractivity contribution >= 4 is 23.9 Å². The summed E-state index contributed by atoms with van der Waals surface area (Å²) in [5.41, 5.74) is 2.19. The topological polar surface area (TPSA) is 105 Å². The van der Waals surface area contributed by atoms with Crippen LogP contribution in [0.4, 0.5) is 0 Å². The molecule has 0 unspecified atom stereocenters. The molecule has 0 fully saturated rings. The number of thioether (sulfide) groups is 1. The van der Waals surface area contributed by atoms with E-state index in [-0.39, 0.29) is 5.69 Å². The molecular formula is C14H16N8O2S. The zero-order valence-corrected chi connectivity index (χ0v) is 14.7. The van der Waals surface area contributed by atoms with E-state index in [4.69, 9.17) is 0 Å². The van der Waals surface area contributed by atoms with Crippen LogP contribution in [0.1, 0.15) is 21.7 Å². The van der Waals surface area contributed by atoms with Crippen molar-refractivity contribution < 1.29 is 9.53 Å². The Balaban J connectivity index is 1.67. The van der Waals surface area contributed by atoms with Gasteiger partial charge in [-0.25, -0.2) is 4.79 Å². The molecular weight excluding hydrogens is 344 g/mol. The molecule has 25 heavy (non-hydrogen) atoms. The Bertz CT molecular complexity index is 910. The van der Waals surface area contributed by atoms with Gasteiger partial charge >= 0.3 is 5.97 Å². The predicted octanol–water partition coefficient (Wildman–Crippen LogP) is 0.935. The molecule has 3 aromatic heterocycles. The molecule has 0 amide bonds. The summed E-state index contributed by atoms with van der Waals surface area (Å²) in [6, 6.07) is 1.60. The molecule has 0 saturated heterocycles. The lowest BCUT2D eigenvalue weighted by molar-refractivity contribution is 0.0593. The van der Waals surface area contributed by atoms with Gasteiger partial charge in [0.05, 0.1) is 25.4 Å². The lowest BCUT2D eigenvalue weighted by Crippen LogP contribution is -2.04. The number of aromatic nitrogens is 7. The number of esters is 1.